The molecule has 1 heterocycles. The Labute approximate surface area is 159 Å². The van der Waals surface area contributed by atoms with E-state index in [4.69, 9.17) is 9.47 Å². The maximum atomic E-state index is 12.4. The predicted octanol–water partition coefficient (Wildman–Crippen LogP) is 3.74. The number of carbonyl (C=O) groups excluding carboxylic acids is 2. The number of nitrogens with zero attached hydrogens (tertiary/aromatic N) is 1. The Morgan fingerprint density at radius 3 is 2.41 bits per heavy atom. The van der Waals surface area contributed by atoms with Crippen LogP contribution in [0.4, 0.5) is 0 Å². The van der Waals surface area contributed by atoms with Crippen molar-refractivity contribution in [1.82, 2.24) is 4.90 Å². The minimum atomic E-state index is -0.432. The van der Waals surface area contributed by atoms with Gasteiger partial charge in [-0.2, -0.15) is 0 Å². The fraction of sp³-hybridized carbons (Fsp3) is 0.364. The molecule has 2 aromatic rings. The van der Waals surface area contributed by atoms with Gasteiger partial charge in [0.05, 0.1) is 12.5 Å². The fourth-order valence-corrected chi connectivity index (χ4v) is 3.02. The van der Waals surface area contributed by atoms with Crippen molar-refractivity contribution in [3.05, 3.63) is 59.7 Å². The van der Waals surface area contributed by atoms with Crippen LogP contribution < -0.4 is 9.47 Å². The summed E-state index contributed by atoms with van der Waals surface area (Å²) in [5.74, 6) is 0.405. The third-order valence-corrected chi connectivity index (χ3v) is 4.56. The number of likely N-dealkylation sites (tertiary alicyclic amines) is 1. The van der Waals surface area contributed by atoms with Crippen molar-refractivity contribution >= 4 is 11.9 Å². The topological polar surface area (TPSA) is 55.8 Å². The number of benzene rings is 2. The van der Waals surface area contributed by atoms with Crippen LogP contribution in [0.2, 0.25) is 0 Å². The van der Waals surface area contributed by atoms with Crippen LogP contribution in [0.25, 0.3) is 0 Å². The summed E-state index contributed by atoms with van der Waals surface area (Å²) in [5, 5.41) is 0. The van der Waals surface area contributed by atoms with Crippen LogP contribution in [0, 0.1) is 12.8 Å². The van der Waals surface area contributed by atoms with Crippen LogP contribution in [-0.2, 0) is 16.1 Å². The lowest BCUT2D eigenvalue weighted by Gasteiger charge is -2.16. The standard InChI is InChI=1S/C22H25NO4/c1-3-12-26-19-8-10-20(11-9-19)27-22(25)18-13-21(24)23(15-18)14-17-6-4-16(2)5-7-17/h4-11,18H,3,12-15H2,1-2H3. The molecule has 1 unspecified atom stereocenters. The van der Waals surface area contributed by atoms with Crippen LogP contribution in [0.1, 0.15) is 30.9 Å². The largest absolute Gasteiger partial charge is 0.494 e. The number of hydrogen-bond donors (Lipinski definition) is 0. The molecule has 0 spiro atoms. The number of ether oxygens (including phenoxy) is 2. The van der Waals surface area contributed by atoms with Gasteiger partial charge in [0, 0.05) is 19.5 Å². The lowest BCUT2D eigenvalue weighted by atomic mass is 10.1. The molecule has 5 nitrogen and oxygen atoms in total. The van der Waals surface area contributed by atoms with Crippen molar-refractivity contribution in [3.63, 3.8) is 0 Å². The molecule has 0 aliphatic carbocycles. The molecule has 0 N–H and O–H groups in total. The number of hydrogen-bond acceptors (Lipinski definition) is 4. The van der Waals surface area contributed by atoms with Gasteiger partial charge in [-0.3, -0.25) is 9.59 Å². The molecule has 1 aliphatic rings. The van der Waals surface area contributed by atoms with Gasteiger partial charge >= 0.3 is 5.97 Å². The van der Waals surface area contributed by atoms with Gasteiger partial charge < -0.3 is 14.4 Å². The smallest absolute Gasteiger partial charge is 0.316 e. The Balaban J connectivity index is 1.54. The van der Waals surface area contributed by atoms with Gasteiger partial charge in [0.15, 0.2) is 0 Å². The van der Waals surface area contributed by atoms with Crippen LogP contribution in [0.5, 0.6) is 11.5 Å². The second kappa shape index (κ2) is 8.71. The molecule has 0 bridgehead atoms. The van der Waals surface area contributed by atoms with E-state index in [0.717, 1.165) is 17.7 Å². The quantitative estimate of drug-likeness (QED) is 0.553. The van der Waals surface area contributed by atoms with Crippen LogP contribution in [-0.4, -0.2) is 29.9 Å². The molecule has 1 saturated heterocycles. The highest BCUT2D eigenvalue weighted by atomic mass is 16.5. The summed E-state index contributed by atoms with van der Waals surface area (Å²) < 4.78 is 11.0. The molecular weight excluding hydrogens is 342 g/mol. The number of carbonyl (C=O) groups is 2. The first kappa shape index (κ1) is 19.0. The second-order valence-electron chi connectivity index (χ2n) is 6.90. The molecule has 0 aromatic heterocycles. The summed E-state index contributed by atoms with van der Waals surface area (Å²) in [5.41, 5.74) is 2.24. The maximum Gasteiger partial charge on any atom is 0.316 e. The minimum absolute atomic E-state index is 0.0131. The minimum Gasteiger partial charge on any atom is -0.494 e. The fourth-order valence-electron chi connectivity index (χ4n) is 3.02. The highest BCUT2D eigenvalue weighted by Gasteiger charge is 2.35. The van der Waals surface area contributed by atoms with E-state index >= 15 is 0 Å². The van der Waals surface area contributed by atoms with E-state index in [9.17, 15) is 9.59 Å². The molecule has 0 radical (unpaired) electrons. The summed E-state index contributed by atoms with van der Waals surface area (Å²) in [6.07, 6.45) is 1.13. The lowest BCUT2D eigenvalue weighted by Crippen LogP contribution is -2.27. The zero-order chi connectivity index (χ0) is 19.2. The van der Waals surface area contributed by atoms with Gasteiger partial charge in [-0.1, -0.05) is 36.8 Å². The first-order valence-corrected chi connectivity index (χ1v) is 9.33. The summed E-state index contributed by atoms with van der Waals surface area (Å²) in [6.45, 7) is 5.64. The Hall–Kier alpha value is -2.82. The molecule has 0 saturated carbocycles. The summed E-state index contributed by atoms with van der Waals surface area (Å²) in [7, 11) is 0. The third-order valence-electron chi connectivity index (χ3n) is 4.56. The number of amides is 1. The third kappa shape index (κ3) is 5.09. The van der Waals surface area contributed by atoms with Gasteiger partial charge in [-0.05, 0) is 43.2 Å². The zero-order valence-corrected chi connectivity index (χ0v) is 15.8. The van der Waals surface area contributed by atoms with Crippen LogP contribution in [0.3, 0.4) is 0 Å². The highest BCUT2D eigenvalue weighted by molar-refractivity contribution is 5.87. The molecular formula is C22H25NO4. The molecule has 5 heteroatoms. The monoisotopic (exact) mass is 367 g/mol. The summed E-state index contributed by atoms with van der Waals surface area (Å²) in [4.78, 5) is 26.4. The van der Waals surface area contributed by atoms with Gasteiger partial charge in [0.1, 0.15) is 11.5 Å². The Kier molecular flexibility index (Phi) is 6.12. The van der Waals surface area contributed by atoms with E-state index < -0.39 is 5.92 Å². The van der Waals surface area contributed by atoms with E-state index in [0.29, 0.717) is 25.4 Å². The van der Waals surface area contributed by atoms with Crippen molar-refractivity contribution < 1.29 is 19.1 Å². The lowest BCUT2D eigenvalue weighted by molar-refractivity contribution is -0.139. The molecule has 142 valence electrons. The number of rotatable bonds is 7. The van der Waals surface area contributed by atoms with Crippen molar-refractivity contribution in [2.45, 2.75) is 33.2 Å². The number of esters is 1. The van der Waals surface area contributed by atoms with Crippen LogP contribution >= 0.6 is 0 Å². The summed E-state index contributed by atoms with van der Waals surface area (Å²) in [6, 6.07) is 15.1. The van der Waals surface area contributed by atoms with Gasteiger partial charge in [-0.25, -0.2) is 0 Å². The molecule has 1 atom stereocenters. The summed E-state index contributed by atoms with van der Waals surface area (Å²) >= 11 is 0. The SMILES string of the molecule is CCCOc1ccc(OC(=O)C2CC(=O)N(Cc3ccc(C)cc3)C2)cc1. The Morgan fingerprint density at radius 1 is 1.07 bits per heavy atom. The number of aryl methyl sites for hydroxylation is 1. The molecule has 3 rings (SSSR count). The van der Waals surface area contributed by atoms with E-state index in [1.165, 1.54) is 5.56 Å². The van der Waals surface area contributed by atoms with Gasteiger partial charge in [0.2, 0.25) is 5.91 Å². The maximum absolute atomic E-state index is 12.4. The van der Waals surface area contributed by atoms with E-state index in [1.54, 1.807) is 29.2 Å². The first-order valence-electron chi connectivity index (χ1n) is 9.33. The molecule has 1 fully saturated rings. The van der Waals surface area contributed by atoms with Crippen LogP contribution in [0.15, 0.2) is 48.5 Å². The van der Waals surface area contributed by atoms with Crippen molar-refractivity contribution in [2.75, 3.05) is 13.2 Å². The predicted molar refractivity (Wildman–Crippen MR) is 103 cm³/mol. The Morgan fingerprint density at radius 2 is 1.74 bits per heavy atom. The highest BCUT2D eigenvalue weighted by Crippen LogP contribution is 2.24. The zero-order valence-electron chi connectivity index (χ0n) is 15.8. The van der Waals surface area contributed by atoms with Crippen molar-refractivity contribution in [1.29, 1.82) is 0 Å². The Bertz CT molecular complexity index is 783. The van der Waals surface area contributed by atoms with Crippen molar-refractivity contribution in [2.24, 2.45) is 5.92 Å². The van der Waals surface area contributed by atoms with Gasteiger partial charge in [-0.15, -0.1) is 0 Å². The first-order chi connectivity index (χ1) is 13.0. The van der Waals surface area contributed by atoms with Gasteiger partial charge in [0.25, 0.3) is 0 Å². The molecule has 1 aliphatic heterocycles. The van der Waals surface area contributed by atoms with E-state index in [1.807, 2.05) is 38.1 Å². The average molecular weight is 367 g/mol. The van der Waals surface area contributed by atoms with E-state index in [2.05, 4.69) is 0 Å². The van der Waals surface area contributed by atoms with Crippen molar-refractivity contribution in [3.8, 4) is 11.5 Å². The average Bonchev–Trinajstić information content (AvgIpc) is 3.04. The second-order valence-corrected chi connectivity index (χ2v) is 6.90. The van der Waals surface area contributed by atoms with E-state index in [-0.39, 0.29) is 18.3 Å². The molecule has 1 amide bonds. The molecule has 27 heavy (non-hydrogen) atoms. The normalized spacial score (nSPS) is 16.4. The molecule has 2 aromatic carbocycles.